The number of nitrogens with zero attached hydrogens (tertiary/aromatic N) is 3. The fourth-order valence-electron chi connectivity index (χ4n) is 2.17. The Morgan fingerprint density at radius 3 is 2.48 bits per heavy atom. The summed E-state index contributed by atoms with van der Waals surface area (Å²) < 4.78 is 3.21. The van der Waals surface area contributed by atoms with Gasteiger partial charge in [0.15, 0.2) is 9.47 Å². The number of nitrogens with one attached hydrogen (secondary N) is 1. The largest absolute Gasteiger partial charge is 0.298 e. The van der Waals surface area contributed by atoms with Gasteiger partial charge in [-0.2, -0.15) is 0 Å². The summed E-state index contributed by atoms with van der Waals surface area (Å²) in [7, 11) is 0. The molecule has 1 aromatic carbocycles. The third-order valence-electron chi connectivity index (χ3n) is 3.23. The van der Waals surface area contributed by atoms with Crippen molar-refractivity contribution >= 4 is 65.9 Å². The molecule has 0 fully saturated rings. The molecular formula is C15H10N4OS3. The number of fused-ring (bicyclic) bond motifs is 3. The van der Waals surface area contributed by atoms with Gasteiger partial charge in [-0.15, -0.1) is 11.3 Å². The molecule has 0 bridgehead atoms. The molecule has 0 atom stereocenters. The molecule has 0 spiro atoms. The lowest BCUT2D eigenvalue weighted by Gasteiger charge is -1.99. The fraction of sp³-hybridized carbons (Fsp3) is 0.0667. The first-order chi connectivity index (χ1) is 11.2. The van der Waals surface area contributed by atoms with Gasteiger partial charge < -0.3 is 0 Å². The van der Waals surface area contributed by atoms with Crippen LogP contribution in [0.1, 0.15) is 10.4 Å². The molecule has 0 saturated carbocycles. The summed E-state index contributed by atoms with van der Waals surface area (Å²) in [6.07, 6.45) is 5.21. The first-order valence-electron chi connectivity index (χ1n) is 6.70. The monoisotopic (exact) mass is 358 g/mol. The van der Waals surface area contributed by atoms with Crippen molar-refractivity contribution in [3.8, 4) is 0 Å². The van der Waals surface area contributed by atoms with Crippen LogP contribution in [0, 0.1) is 0 Å². The Bertz CT molecular complexity index is 1010. The minimum atomic E-state index is -0.184. The maximum Gasteiger partial charge on any atom is 0.257 e. The quantitative estimate of drug-likeness (QED) is 0.554. The highest BCUT2D eigenvalue weighted by molar-refractivity contribution is 8.00. The van der Waals surface area contributed by atoms with Gasteiger partial charge in [0.25, 0.3) is 5.91 Å². The Hall–Kier alpha value is -2.03. The van der Waals surface area contributed by atoms with E-state index in [1.807, 2.05) is 18.4 Å². The number of hydrogen-bond acceptors (Lipinski definition) is 7. The van der Waals surface area contributed by atoms with E-state index < -0.39 is 0 Å². The second-order valence-corrected chi connectivity index (χ2v) is 7.71. The molecule has 0 aliphatic rings. The molecule has 1 N–H and O–H groups in total. The molecular weight excluding hydrogens is 348 g/mol. The number of aromatic nitrogens is 3. The molecule has 0 aliphatic carbocycles. The maximum atomic E-state index is 12.2. The molecule has 5 nitrogen and oxygen atoms in total. The lowest BCUT2D eigenvalue weighted by atomic mass is 10.2. The lowest BCUT2D eigenvalue weighted by Crippen LogP contribution is -2.11. The fourth-order valence-corrected chi connectivity index (χ4v) is 4.82. The SMILES string of the molecule is CSc1nc2ccc3nc(NC(=O)c4ccncc4)sc3c2s1. The van der Waals surface area contributed by atoms with Gasteiger partial charge in [-0.1, -0.05) is 23.1 Å². The number of carbonyl (C=O) groups excluding carboxylic acids is 1. The standard InChI is InChI=1S/C15H10N4OS3/c1-21-15-18-10-3-2-9-11(12(10)23-15)22-14(17-9)19-13(20)8-4-6-16-7-5-8/h2-7H,1H3,(H,17,19,20). The Kier molecular flexibility index (Phi) is 3.72. The van der Waals surface area contributed by atoms with Crippen LogP contribution in [0.15, 0.2) is 41.0 Å². The zero-order chi connectivity index (χ0) is 15.8. The number of anilines is 1. The highest BCUT2D eigenvalue weighted by atomic mass is 32.2. The Balaban J connectivity index is 1.72. The minimum absolute atomic E-state index is 0.184. The number of thiazole rings is 2. The van der Waals surface area contributed by atoms with Gasteiger partial charge in [-0.05, 0) is 30.5 Å². The number of amides is 1. The number of carbonyl (C=O) groups is 1. The predicted octanol–water partition coefficient (Wildman–Crippen LogP) is 4.28. The van der Waals surface area contributed by atoms with Crippen LogP contribution in [-0.2, 0) is 0 Å². The summed E-state index contributed by atoms with van der Waals surface area (Å²) in [5.74, 6) is -0.184. The third kappa shape index (κ3) is 2.69. The number of rotatable bonds is 3. The summed E-state index contributed by atoms with van der Waals surface area (Å²) in [4.78, 5) is 25.2. The van der Waals surface area contributed by atoms with E-state index in [0.29, 0.717) is 10.7 Å². The van der Waals surface area contributed by atoms with Crippen LogP contribution in [0.2, 0.25) is 0 Å². The summed E-state index contributed by atoms with van der Waals surface area (Å²) in [6.45, 7) is 0. The van der Waals surface area contributed by atoms with Gasteiger partial charge in [-0.25, -0.2) is 9.97 Å². The molecule has 0 aliphatic heterocycles. The topological polar surface area (TPSA) is 67.8 Å². The van der Waals surface area contributed by atoms with Crippen molar-refractivity contribution in [2.45, 2.75) is 4.34 Å². The summed E-state index contributed by atoms with van der Waals surface area (Å²) in [5, 5.41) is 3.44. The van der Waals surface area contributed by atoms with E-state index >= 15 is 0 Å². The molecule has 1 amide bonds. The average Bonchev–Trinajstić information content (AvgIpc) is 3.18. The highest BCUT2D eigenvalue weighted by Crippen LogP contribution is 2.38. The Morgan fingerprint density at radius 2 is 1.74 bits per heavy atom. The molecule has 23 heavy (non-hydrogen) atoms. The minimum Gasteiger partial charge on any atom is -0.298 e. The van der Waals surface area contributed by atoms with Gasteiger partial charge in [0.1, 0.15) is 0 Å². The van der Waals surface area contributed by atoms with Gasteiger partial charge >= 0.3 is 0 Å². The van der Waals surface area contributed by atoms with Crippen molar-refractivity contribution in [3.63, 3.8) is 0 Å². The van der Waals surface area contributed by atoms with E-state index in [1.165, 1.54) is 11.3 Å². The summed E-state index contributed by atoms with van der Waals surface area (Å²) >= 11 is 4.77. The van der Waals surface area contributed by atoms with Crippen LogP contribution in [0.5, 0.6) is 0 Å². The van der Waals surface area contributed by atoms with E-state index in [-0.39, 0.29) is 5.91 Å². The van der Waals surface area contributed by atoms with E-state index in [0.717, 1.165) is 24.8 Å². The van der Waals surface area contributed by atoms with Crippen LogP contribution >= 0.6 is 34.4 Å². The van der Waals surface area contributed by atoms with E-state index in [9.17, 15) is 4.79 Å². The molecule has 114 valence electrons. The molecule has 8 heteroatoms. The zero-order valence-electron chi connectivity index (χ0n) is 11.9. The lowest BCUT2D eigenvalue weighted by molar-refractivity contribution is 0.102. The van der Waals surface area contributed by atoms with Gasteiger partial charge in [0, 0.05) is 18.0 Å². The van der Waals surface area contributed by atoms with E-state index in [1.54, 1.807) is 47.6 Å². The number of pyridine rings is 1. The summed E-state index contributed by atoms with van der Waals surface area (Å²) in [5.41, 5.74) is 2.42. The maximum absolute atomic E-state index is 12.2. The highest BCUT2D eigenvalue weighted by Gasteiger charge is 2.13. The van der Waals surface area contributed by atoms with E-state index in [4.69, 9.17) is 0 Å². The smallest absolute Gasteiger partial charge is 0.257 e. The molecule has 0 saturated heterocycles. The molecule has 0 radical (unpaired) electrons. The van der Waals surface area contributed by atoms with Crippen LogP contribution in [-0.4, -0.2) is 27.1 Å². The molecule has 0 unspecified atom stereocenters. The average molecular weight is 358 g/mol. The normalized spacial score (nSPS) is 11.2. The molecule has 4 rings (SSSR count). The second kappa shape index (κ2) is 5.88. The van der Waals surface area contributed by atoms with Gasteiger partial charge in [0.2, 0.25) is 0 Å². The molecule has 3 heterocycles. The first kappa shape index (κ1) is 14.6. The molecule has 4 aromatic rings. The van der Waals surface area contributed by atoms with Crippen molar-refractivity contribution in [1.29, 1.82) is 0 Å². The van der Waals surface area contributed by atoms with Crippen LogP contribution in [0.3, 0.4) is 0 Å². The van der Waals surface area contributed by atoms with Crippen molar-refractivity contribution in [1.82, 2.24) is 15.0 Å². The summed E-state index contributed by atoms with van der Waals surface area (Å²) in [6, 6.07) is 7.27. The van der Waals surface area contributed by atoms with Crippen molar-refractivity contribution in [2.24, 2.45) is 0 Å². The van der Waals surface area contributed by atoms with Gasteiger partial charge in [-0.3, -0.25) is 15.1 Å². The van der Waals surface area contributed by atoms with Gasteiger partial charge in [0.05, 0.1) is 20.4 Å². The first-order valence-corrected chi connectivity index (χ1v) is 9.56. The Labute approximate surface area is 143 Å². The van der Waals surface area contributed by atoms with Crippen molar-refractivity contribution in [2.75, 3.05) is 11.6 Å². The van der Waals surface area contributed by atoms with Crippen LogP contribution in [0.25, 0.3) is 20.4 Å². The van der Waals surface area contributed by atoms with Crippen LogP contribution < -0.4 is 5.32 Å². The van der Waals surface area contributed by atoms with Crippen molar-refractivity contribution < 1.29 is 4.79 Å². The number of thioether (sulfide) groups is 1. The third-order valence-corrected chi connectivity index (χ3v) is 6.44. The molecule has 3 aromatic heterocycles. The number of benzene rings is 1. The van der Waals surface area contributed by atoms with Crippen molar-refractivity contribution in [3.05, 3.63) is 42.2 Å². The van der Waals surface area contributed by atoms with E-state index in [2.05, 4.69) is 20.3 Å². The number of hydrogen-bond donors (Lipinski definition) is 1. The zero-order valence-corrected chi connectivity index (χ0v) is 14.4. The van der Waals surface area contributed by atoms with Crippen LogP contribution in [0.4, 0.5) is 5.13 Å². The Morgan fingerprint density at radius 1 is 1.04 bits per heavy atom. The second-order valence-electron chi connectivity index (χ2n) is 4.65. The predicted molar refractivity (Wildman–Crippen MR) is 96.8 cm³/mol.